The predicted octanol–water partition coefficient (Wildman–Crippen LogP) is 2.93. The Morgan fingerprint density at radius 3 is 2.88 bits per heavy atom. The Balaban J connectivity index is 1.69. The first-order valence-electron chi connectivity index (χ1n) is 10.3. The lowest BCUT2D eigenvalue weighted by Gasteiger charge is -2.54. The number of benzene rings is 1. The highest BCUT2D eigenvalue weighted by atomic mass is 16.5. The van der Waals surface area contributed by atoms with Gasteiger partial charge in [-0.2, -0.15) is 0 Å². The third kappa shape index (κ3) is 1.24. The molecule has 2 saturated carbocycles. The van der Waals surface area contributed by atoms with Crippen LogP contribution < -0.4 is 5.32 Å². The number of anilines is 1. The smallest absolute Gasteiger partial charge is 0.311 e. The number of hydrogen-bond donors (Lipinski definition) is 1. The van der Waals surface area contributed by atoms with Crippen LogP contribution in [-0.2, 0) is 14.9 Å². The number of fused-ring (bicyclic) bond motifs is 1. The van der Waals surface area contributed by atoms with Crippen molar-refractivity contribution in [3.05, 3.63) is 29.8 Å². The number of rotatable bonds is 1. The molecule has 0 aromatic heterocycles. The van der Waals surface area contributed by atoms with E-state index in [1.165, 1.54) is 48.1 Å². The van der Waals surface area contributed by atoms with Gasteiger partial charge < -0.3 is 14.5 Å². The van der Waals surface area contributed by atoms with Crippen molar-refractivity contribution >= 4 is 11.7 Å². The number of hydrogen-bond acceptors (Lipinski definition) is 3. The number of nitrogens with zero attached hydrogens (tertiary/aromatic N) is 1. The molecule has 4 fully saturated rings. The van der Waals surface area contributed by atoms with Crippen molar-refractivity contribution < 1.29 is 14.0 Å². The summed E-state index contributed by atoms with van der Waals surface area (Å²) in [6.45, 7) is 4.98. The van der Waals surface area contributed by atoms with Crippen LogP contribution in [0, 0.1) is 17.3 Å². The Kier molecular flexibility index (Phi) is 2.56. The zero-order valence-corrected chi connectivity index (χ0v) is 16.0. The van der Waals surface area contributed by atoms with Crippen molar-refractivity contribution in [1.29, 1.82) is 0 Å². The molecule has 3 heterocycles. The lowest BCUT2D eigenvalue weighted by atomic mass is 9.56. The number of carbonyl (C=O) groups is 1. The lowest BCUT2D eigenvalue weighted by Crippen LogP contribution is -2.67. The van der Waals surface area contributed by atoms with Crippen LogP contribution >= 0.6 is 0 Å². The van der Waals surface area contributed by atoms with Gasteiger partial charge in [0.15, 0.2) is 0 Å². The monoisotopic (exact) mass is 353 g/mol. The second-order valence-corrected chi connectivity index (χ2v) is 9.93. The number of piperidine rings is 1. The van der Waals surface area contributed by atoms with E-state index < -0.39 is 0 Å². The van der Waals surface area contributed by atoms with Gasteiger partial charge in [-0.15, -0.1) is 0 Å². The molecule has 3 aliphatic heterocycles. The van der Waals surface area contributed by atoms with Gasteiger partial charge >= 0.3 is 5.97 Å². The summed E-state index contributed by atoms with van der Waals surface area (Å²) in [7, 11) is 4.06. The molecule has 1 unspecified atom stereocenters. The molecule has 4 heteroatoms. The van der Waals surface area contributed by atoms with Gasteiger partial charge in [0.1, 0.15) is 6.04 Å². The van der Waals surface area contributed by atoms with E-state index in [1.807, 2.05) is 0 Å². The number of methoxy groups -OCH3 is 1. The number of carbonyl (C=O) groups excluding carboxylic acids is 1. The highest BCUT2D eigenvalue weighted by Gasteiger charge is 2.89. The van der Waals surface area contributed by atoms with Crippen LogP contribution in [0.4, 0.5) is 5.69 Å². The van der Waals surface area contributed by atoms with Gasteiger partial charge in [0.05, 0.1) is 44.1 Å². The molecule has 2 aliphatic carbocycles. The first-order chi connectivity index (χ1) is 12.5. The van der Waals surface area contributed by atoms with Gasteiger partial charge in [-0.1, -0.05) is 25.1 Å². The number of esters is 1. The summed E-state index contributed by atoms with van der Waals surface area (Å²) >= 11 is 0. The Labute approximate surface area is 155 Å². The van der Waals surface area contributed by atoms with Gasteiger partial charge in [-0.05, 0) is 36.8 Å². The molecule has 2 saturated heterocycles. The minimum Gasteiger partial charge on any atom is -0.469 e. The Bertz CT molecular complexity index is 839. The van der Waals surface area contributed by atoms with Gasteiger partial charge in [-0.25, -0.2) is 0 Å². The van der Waals surface area contributed by atoms with Crippen LogP contribution in [0.15, 0.2) is 24.3 Å². The van der Waals surface area contributed by atoms with Crippen molar-refractivity contribution in [2.75, 3.05) is 32.6 Å². The second kappa shape index (κ2) is 4.30. The first kappa shape index (κ1) is 15.5. The second-order valence-electron chi connectivity index (χ2n) is 9.93. The maximum Gasteiger partial charge on any atom is 0.311 e. The Hall–Kier alpha value is -1.55. The molecule has 0 amide bonds. The Morgan fingerprint density at radius 1 is 1.27 bits per heavy atom. The largest absolute Gasteiger partial charge is 0.469 e. The molecule has 2 bridgehead atoms. The lowest BCUT2D eigenvalue weighted by molar-refractivity contribution is -0.936. The van der Waals surface area contributed by atoms with Crippen molar-refractivity contribution in [3.8, 4) is 0 Å². The quantitative estimate of drug-likeness (QED) is 0.623. The SMILES string of the molecule is COC(=O)[C@@H]1C[C@@]23CCC[N+]4(C)CC[C@@]5(c6ccccc6N[C@]15[C@@H]2C)[C@H]34. The van der Waals surface area contributed by atoms with Crippen LogP contribution in [0.3, 0.4) is 0 Å². The van der Waals surface area contributed by atoms with Crippen molar-refractivity contribution in [2.45, 2.75) is 49.6 Å². The van der Waals surface area contributed by atoms with Crippen molar-refractivity contribution in [2.24, 2.45) is 17.3 Å². The molecule has 1 aromatic carbocycles. The molecule has 4 nitrogen and oxygen atoms in total. The summed E-state index contributed by atoms with van der Waals surface area (Å²) in [5, 5.41) is 3.99. The first-order valence-corrected chi connectivity index (χ1v) is 10.3. The van der Waals surface area contributed by atoms with Gasteiger partial charge in [0, 0.05) is 17.5 Å². The van der Waals surface area contributed by atoms with E-state index in [9.17, 15) is 4.79 Å². The van der Waals surface area contributed by atoms with Gasteiger partial charge in [0.2, 0.25) is 0 Å². The summed E-state index contributed by atoms with van der Waals surface area (Å²) in [6, 6.07) is 9.52. The van der Waals surface area contributed by atoms with Crippen molar-refractivity contribution in [1.82, 2.24) is 0 Å². The topological polar surface area (TPSA) is 38.3 Å². The fraction of sp³-hybridized carbons (Fsp3) is 0.682. The highest BCUT2D eigenvalue weighted by molar-refractivity contribution is 5.82. The number of nitrogens with one attached hydrogen (secondary N) is 1. The zero-order valence-electron chi connectivity index (χ0n) is 16.0. The molecule has 138 valence electrons. The molecular weight excluding hydrogens is 324 g/mol. The van der Waals surface area contributed by atoms with E-state index in [2.05, 4.69) is 43.6 Å². The minimum absolute atomic E-state index is 0.00136. The standard InChI is InChI=1S/C22H29N2O2/c1-14-20-9-6-11-24(2)12-10-21(19(20)24)15-7-4-5-8-17(15)23-22(14,21)16(13-20)18(25)26-3/h4-5,7-8,14,16,19,23H,6,9-13H2,1-3H3/q+1/t14-,16+,19+,20+,21-,22-,24?/m1/s1. The fourth-order valence-electron chi connectivity index (χ4n) is 9.19. The molecule has 26 heavy (non-hydrogen) atoms. The minimum atomic E-state index is -0.172. The van der Waals surface area contributed by atoms with E-state index >= 15 is 0 Å². The molecular formula is C22H29N2O2+. The van der Waals surface area contributed by atoms with Crippen LogP contribution in [0.5, 0.6) is 0 Å². The number of quaternary nitrogens is 1. The van der Waals surface area contributed by atoms with Crippen LogP contribution in [0.1, 0.15) is 38.2 Å². The maximum atomic E-state index is 13.0. The van der Waals surface area contributed by atoms with E-state index in [-0.39, 0.29) is 28.3 Å². The number of para-hydroxylation sites is 1. The number of likely N-dealkylation sites (N-methyl/N-ethyl adjacent to an activating group) is 1. The average molecular weight is 353 g/mol. The van der Waals surface area contributed by atoms with E-state index in [0.29, 0.717) is 12.0 Å². The molecule has 3 spiro atoms. The summed E-state index contributed by atoms with van der Waals surface area (Å²) in [6.07, 6.45) is 4.76. The molecule has 5 aliphatic rings. The normalized spacial score (nSPS) is 52.2. The van der Waals surface area contributed by atoms with E-state index in [1.54, 1.807) is 7.11 Å². The highest BCUT2D eigenvalue weighted by Crippen LogP contribution is 2.80. The third-order valence-electron chi connectivity index (χ3n) is 9.62. The molecule has 6 rings (SSSR count). The summed E-state index contributed by atoms with van der Waals surface area (Å²) < 4.78 is 6.56. The summed E-state index contributed by atoms with van der Waals surface area (Å²) in [5.41, 5.74) is 2.92. The van der Waals surface area contributed by atoms with Gasteiger partial charge in [0.25, 0.3) is 0 Å². The van der Waals surface area contributed by atoms with Crippen LogP contribution in [0.2, 0.25) is 0 Å². The molecule has 7 atom stereocenters. The number of ether oxygens (including phenoxy) is 1. The zero-order chi connectivity index (χ0) is 17.9. The average Bonchev–Trinajstić information content (AvgIpc) is 3.27. The van der Waals surface area contributed by atoms with Crippen LogP contribution in [0.25, 0.3) is 0 Å². The Morgan fingerprint density at radius 2 is 2.08 bits per heavy atom. The van der Waals surface area contributed by atoms with Crippen molar-refractivity contribution in [3.63, 3.8) is 0 Å². The van der Waals surface area contributed by atoms with E-state index in [4.69, 9.17) is 4.74 Å². The summed E-state index contributed by atoms with van der Waals surface area (Å²) in [4.78, 5) is 13.0. The summed E-state index contributed by atoms with van der Waals surface area (Å²) in [5.74, 6) is 0.462. The van der Waals surface area contributed by atoms with Crippen LogP contribution in [-0.4, -0.2) is 49.3 Å². The maximum absolute atomic E-state index is 13.0. The predicted molar refractivity (Wildman–Crippen MR) is 99.8 cm³/mol. The molecule has 1 N–H and O–H groups in total. The van der Waals surface area contributed by atoms with Gasteiger partial charge in [-0.3, -0.25) is 4.79 Å². The van der Waals surface area contributed by atoms with E-state index in [0.717, 1.165) is 6.42 Å². The third-order valence-corrected chi connectivity index (χ3v) is 9.62. The molecule has 1 aromatic rings. The molecule has 0 radical (unpaired) electrons. The fourth-order valence-corrected chi connectivity index (χ4v) is 9.19.